The summed E-state index contributed by atoms with van der Waals surface area (Å²) in [6, 6.07) is 4.54. The molecular formula is C11H5Cl4N3O. The predicted octanol–water partition coefficient (Wildman–Crippen LogP) is 4.34. The zero-order chi connectivity index (χ0) is 14.0. The number of rotatable bonds is 2. The summed E-state index contributed by atoms with van der Waals surface area (Å²) in [5.74, 6) is -0.396. The summed E-state index contributed by atoms with van der Waals surface area (Å²) < 4.78 is 0. The summed E-state index contributed by atoms with van der Waals surface area (Å²) >= 11 is 23.3. The molecule has 0 fully saturated rings. The summed E-state index contributed by atoms with van der Waals surface area (Å²) in [5.41, 5.74) is 0.208. The van der Waals surface area contributed by atoms with Gasteiger partial charge in [0, 0.05) is 5.02 Å². The van der Waals surface area contributed by atoms with E-state index >= 15 is 0 Å². The molecule has 1 N–H and O–H groups in total. The van der Waals surface area contributed by atoms with E-state index in [0.29, 0.717) is 5.02 Å². The van der Waals surface area contributed by atoms with Gasteiger partial charge in [-0.15, -0.1) is 0 Å². The van der Waals surface area contributed by atoms with E-state index in [2.05, 4.69) is 15.3 Å². The van der Waals surface area contributed by atoms with E-state index in [1.54, 1.807) is 6.07 Å². The third kappa shape index (κ3) is 3.28. The van der Waals surface area contributed by atoms with Gasteiger partial charge in [0.15, 0.2) is 11.0 Å². The van der Waals surface area contributed by atoms with Crippen LogP contribution >= 0.6 is 46.4 Å². The third-order valence-corrected chi connectivity index (χ3v) is 3.46. The molecule has 1 heterocycles. The molecule has 0 aliphatic carbocycles. The van der Waals surface area contributed by atoms with Crippen LogP contribution in [0.1, 0.15) is 10.4 Å². The molecule has 0 bridgehead atoms. The van der Waals surface area contributed by atoms with Gasteiger partial charge in [0.05, 0.1) is 10.6 Å². The molecule has 0 saturated carbocycles. The number of nitrogens with one attached hydrogen (secondary N) is 1. The van der Waals surface area contributed by atoms with Crippen molar-refractivity contribution in [3.8, 4) is 0 Å². The molecule has 0 spiro atoms. The Kier molecular flexibility index (Phi) is 4.47. The van der Waals surface area contributed by atoms with E-state index in [1.807, 2.05) is 0 Å². The molecule has 1 aromatic heterocycles. The van der Waals surface area contributed by atoms with Crippen LogP contribution in [0.15, 0.2) is 24.5 Å². The number of hydrogen-bond donors (Lipinski definition) is 1. The van der Waals surface area contributed by atoms with Gasteiger partial charge in [-0.2, -0.15) is 0 Å². The lowest BCUT2D eigenvalue weighted by molar-refractivity contribution is 0.102. The van der Waals surface area contributed by atoms with Crippen LogP contribution in [0.4, 0.5) is 5.82 Å². The lowest BCUT2D eigenvalue weighted by Gasteiger charge is -2.08. The minimum Gasteiger partial charge on any atom is -0.305 e. The Balaban J connectivity index is 2.31. The number of aromatic nitrogens is 2. The van der Waals surface area contributed by atoms with Crippen molar-refractivity contribution in [1.82, 2.24) is 9.97 Å². The molecule has 4 nitrogen and oxygen atoms in total. The minimum absolute atomic E-state index is 0.0455. The lowest BCUT2D eigenvalue weighted by atomic mass is 10.2. The van der Waals surface area contributed by atoms with Gasteiger partial charge in [0.25, 0.3) is 5.91 Å². The first-order valence-electron chi connectivity index (χ1n) is 4.91. The second-order valence-corrected chi connectivity index (χ2v) is 4.98. The average molecular weight is 337 g/mol. The number of amides is 1. The van der Waals surface area contributed by atoms with Crippen molar-refractivity contribution in [2.45, 2.75) is 0 Å². The van der Waals surface area contributed by atoms with Crippen molar-refractivity contribution in [2.24, 2.45) is 0 Å². The van der Waals surface area contributed by atoms with Gasteiger partial charge in [0.2, 0.25) is 0 Å². The quantitative estimate of drug-likeness (QED) is 0.830. The van der Waals surface area contributed by atoms with Crippen LogP contribution < -0.4 is 5.32 Å². The number of halogens is 4. The number of anilines is 1. The van der Waals surface area contributed by atoms with Crippen molar-refractivity contribution in [3.05, 3.63) is 50.3 Å². The van der Waals surface area contributed by atoms with Crippen molar-refractivity contribution >= 4 is 58.1 Å². The Labute approximate surface area is 128 Å². The largest absolute Gasteiger partial charge is 0.305 e. The first-order valence-corrected chi connectivity index (χ1v) is 6.42. The van der Waals surface area contributed by atoms with E-state index in [0.717, 1.165) is 0 Å². The second kappa shape index (κ2) is 5.92. The van der Waals surface area contributed by atoms with Crippen LogP contribution in [-0.4, -0.2) is 15.9 Å². The van der Waals surface area contributed by atoms with E-state index < -0.39 is 5.91 Å². The topological polar surface area (TPSA) is 54.9 Å². The van der Waals surface area contributed by atoms with Gasteiger partial charge in [-0.25, -0.2) is 9.97 Å². The Morgan fingerprint density at radius 1 is 1.11 bits per heavy atom. The van der Waals surface area contributed by atoms with Crippen molar-refractivity contribution < 1.29 is 4.79 Å². The van der Waals surface area contributed by atoms with Gasteiger partial charge in [-0.1, -0.05) is 46.4 Å². The maximum Gasteiger partial charge on any atom is 0.258 e. The van der Waals surface area contributed by atoms with Crippen LogP contribution in [-0.2, 0) is 0 Å². The molecule has 19 heavy (non-hydrogen) atoms. The van der Waals surface area contributed by atoms with E-state index in [4.69, 9.17) is 46.4 Å². The fourth-order valence-electron chi connectivity index (χ4n) is 1.28. The second-order valence-electron chi connectivity index (χ2n) is 3.41. The maximum absolute atomic E-state index is 12.0. The Morgan fingerprint density at radius 2 is 1.84 bits per heavy atom. The molecule has 98 valence electrons. The van der Waals surface area contributed by atoms with Crippen LogP contribution in [0.5, 0.6) is 0 Å². The van der Waals surface area contributed by atoms with Gasteiger partial charge in [0.1, 0.15) is 11.3 Å². The molecule has 2 aromatic rings. The highest BCUT2D eigenvalue weighted by Gasteiger charge is 2.15. The van der Waals surface area contributed by atoms with Gasteiger partial charge >= 0.3 is 0 Å². The predicted molar refractivity (Wildman–Crippen MR) is 76.5 cm³/mol. The van der Waals surface area contributed by atoms with Gasteiger partial charge in [-0.05, 0) is 18.2 Å². The zero-order valence-corrected chi connectivity index (χ0v) is 12.1. The maximum atomic E-state index is 12.0. The monoisotopic (exact) mass is 335 g/mol. The van der Waals surface area contributed by atoms with Crippen LogP contribution in [0.3, 0.4) is 0 Å². The highest BCUT2D eigenvalue weighted by molar-refractivity contribution is 6.43. The molecular weight excluding hydrogens is 332 g/mol. The fraction of sp³-hybridized carbons (Fsp3) is 0. The normalized spacial score (nSPS) is 10.3. The molecule has 8 heteroatoms. The SMILES string of the molecule is O=C(Nc1ncnc(Cl)c1Cl)c1cc(Cl)ccc1Cl. The first-order chi connectivity index (χ1) is 8.99. The molecule has 1 amide bonds. The van der Waals surface area contributed by atoms with E-state index in [9.17, 15) is 4.79 Å². The summed E-state index contributed by atoms with van der Waals surface area (Å²) in [5, 5.41) is 3.24. The number of benzene rings is 1. The molecule has 2 rings (SSSR count). The number of hydrogen-bond acceptors (Lipinski definition) is 3. The summed E-state index contributed by atoms with van der Waals surface area (Å²) in [7, 11) is 0. The van der Waals surface area contributed by atoms with E-state index in [1.165, 1.54) is 18.5 Å². The summed E-state index contributed by atoms with van der Waals surface area (Å²) in [6.07, 6.45) is 1.18. The highest BCUT2D eigenvalue weighted by Crippen LogP contribution is 2.27. The lowest BCUT2D eigenvalue weighted by Crippen LogP contribution is -2.14. The molecule has 0 aliphatic heterocycles. The Bertz CT molecular complexity index is 648. The Morgan fingerprint density at radius 3 is 2.58 bits per heavy atom. The summed E-state index contributed by atoms with van der Waals surface area (Å²) in [6.45, 7) is 0. The molecule has 0 aliphatic rings. The molecule has 0 atom stereocenters. The third-order valence-electron chi connectivity index (χ3n) is 2.15. The smallest absolute Gasteiger partial charge is 0.258 e. The number of carbonyl (C=O) groups excluding carboxylic acids is 1. The standard InChI is InChI=1S/C11H5Cl4N3O/c12-5-1-2-7(13)6(3-5)11(19)18-10-8(14)9(15)16-4-17-10/h1-4H,(H,16,17,18,19). The van der Waals surface area contributed by atoms with Crippen LogP contribution in [0.2, 0.25) is 20.2 Å². The summed E-state index contributed by atoms with van der Waals surface area (Å²) in [4.78, 5) is 19.5. The van der Waals surface area contributed by atoms with Crippen molar-refractivity contribution in [2.75, 3.05) is 5.32 Å². The molecule has 0 saturated heterocycles. The molecule has 0 radical (unpaired) electrons. The molecule has 0 unspecified atom stereocenters. The minimum atomic E-state index is -0.496. The zero-order valence-electron chi connectivity index (χ0n) is 9.12. The van der Waals surface area contributed by atoms with Gasteiger partial charge < -0.3 is 5.32 Å². The van der Waals surface area contributed by atoms with Crippen molar-refractivity contribution in [1.29, 1.82) is 0 Å². The molecule has 1 aromatic carbocycles. The fourth-order valence-corrected chi connectivity index (χ4v) is 1.94. The van der Waals surface area contributed by atoms with Crippen LogP contribution in [0, 0.1) is 0 Å². The highest BCUT2D eigenvalue weighted by atomic mass is 35.5. The Hall–Kier alpha value is -1.07. The van der Waals surface area contributed by atoms with Gasteiger partial charge in [-0.3, -0.25) is 4.79 Å². The number of carbonyl (C=O) groups is 1. The van der Waals surface area contributed by atoms with E-state index in [-0.39, 0.29) is 26.6 Å². The van der Waals surface area contributed by atoms with Crippen molar-refractivity contribution in [3.63, 3.8) is 0 Å². The van der Waals surface area contributed by atoms with Crippen LogP contribution in [0.25, 0.3) is 0 Å². The average Bonchev–Trinajstić information content (AvgIpc) is 2.38. The first kappa shape index (κ1) is 14.3. The number of nitrogens with zero attached hydrogens (tertiary/aromatic N) is 2.